The average Bonchev–Trinajstić information content (AvgIpc) is 2.30. The van der Waals surface area contributed by atoms with Gasteiger partial charge in [0.25, 0.3) is 0 Å². The van der Waals surface area contributed by atoms with Gasteiger partial charge in [0.05, 0.1) is 0 Å². The van der Waals surface area contributed by atoms with E-state index in [9.17, 15) is 0 Å². The lowest BCUT2D eigenvalue weighted by atomic mass is 9.72. The standard InChI is InChI=1S/C16H24BrN/c1-10-6-11(2)8-14(7-10)16(18)13-5-4-12(3)15(17)9-13/h4-5,9-11,14,16H,6-8,18H2,1-3H3. The molecule has 0 spiro atoms. The molecule has 0 amide bonds. The molecule has 1 saturated carbocycles. The third kappa shape index (κ3) is 3.16. The highest BCUT2D eigenvalue weighted by molar-refractivity contribution is 9.10. The van der Waals surface area contributed by atoms with Crippen molar-refractivity contribution in [2.45, 2.75) is 46.1 Å². The van der Waals surface area contributed by atoms with Crippen molar-refractivity contribution in [2.75, 3.05) is 0 Å². The van der Waals surface area contributed by atoms with Gasteiger partial charge < -0.3 is 5.73 Å². The lowest BCUT2D eigenvalue weighted by Gasteiger charge is -2.35. The lowest BCUT2D eigenvalue weighted by molar-refractivity contribution is 0.193. The predicted molar refractivity (Wildman–Crippen MR) is 81.5 cm³/mol. The quantitative estimate of drug-likeness (QED) is 0.832. The molecule has 0 saturated heterocycles. The summed E-state index contributed by atoms with van der Waals surface area (Å²) in [5, 5.41) is 0. The highest BCUT2D eigenvalue weighted by Crippen LogP contribution is 2.39. The topological polar surface area (TPSA) is 26.0 Å². The number of halogens is 1. The van der Waals surface area contributed by atoms with Gasteiger partial charge in [0.15, 0.2) is 0 Å². The normalized spacial score (nSPS) is 30.2. The minimum absolute atomic E-state index is 0.187. The number of nitrogens with two attached hydrogens (primary N) is 1. The summed E-state index contributed by atoms with van der Waals surface area (Å²) in [6.07, 6.45) is 3.91. The van der Waals surface area contributed by atoms with Crippen LogP contribution in [0.3, 0.4) is 0 Å². The maximum atomic E-state index is 6.49. The summed E-state index contributed by atoms with van der Waals surface area (Å²) in [6.45, 7) is 6.84. The third-order valence-electron chi connectivity index (χ3n) is 4.30. The summed E-state index contributed by atoms with van der Waals surface area (Å²) in [4.78, 5) is 0. The molecule has 1 aliphatic carbocycles. The van der Waals surface area contributed by atoms with Crippen molar-refractivity contribution in [3.05, 3.63) is 33.8 Å². The summed E-state index contributed by atoms with van der Waals surface area (Å²) >= 11 is 3.61. The fourth-order valence-corrected chi connectivity index (χ4v) is 3.79. The SMILES string of the molecule is Cc1ccc(C(N)C2CC(C)CC(C)C2)cc1Br. The van der Waals surface area contributed by atoms with Crippen LogP contribution in [0.2, 0.25) is 0 Å². The zero-order valence-corrected chi connectivity index (χ0v) is 13.2. The lowest BCUT2D eigenvalue weighted by Crippen LogP contribution is -2.29. The number of benzene rings is 1. The maximum absolute atomic E-state index is 6.49. The van der Waals surface area contributed by atoms with Crippen molar-refractivity contribution in [3.8, 4) is 0 Å². The Balaban J connectivity index is 2.14. The molecule has 0 aliphatic heterocycles. The van der Waals surface area contributed by atoms with Gasteiger partial charge in [-0.05, 0) is 61.1 Å². The zero-order valence-electron chi connectivity index (χ0n) is 11.6. The first kappa shape index (κ1) is 14.1. The molecule has 1 aromatic carbocycles. The Morgan fingerprint density at radius 1 is 1.17 bits per heavy atom. The molecule has 0 heterocycles. The summed E-state index contributed by atoms with van der Waals surface area (Å²) in [6, 6.07) is 6.74. The third-order valence-corrected chi connectivity index (χ3v) is 5.16. The average molecular weight is 310 g/mol. The molecule has 3 unspecified atom stereocenters. The van der Waals surface area contributed by atoms with E-state index in [0.29, 0.717) is 5.92 Å². The van der Waals surface area contributed by atoms with Crippen LogP contribution >= 0.6 is 15.9 Å². The van der Waals surface area contributed by atoms with Gasteiger partial charge in [-0.15, -0.1) is 0 Å². The molecule has 1 nitrogen and oxygen atoms in total. The number of aryl methyl sites for hydroxylation is 1. The van der Waals surface area contributed by atoms with Crippen molar-refractivity contribution in [1.29, 1.82) is 0 Å². The fourth-order valence-electron chi connectivity index (χ4n) is 3.39. The highest BCUT2D eigenvalue weighted by Gasteiger charge is 2.28. The Kier molecular flexibility index (Phi) is 4.50. The van der Waals surface area contributed by atoms with Gasteiger partial charge in [-0.1, -0.05) is 41.9 Å². The van der Waals surface area contributed by atoms with Crippen LogP contribution in [0.4, 0.5) is 0 Å². The second-order valence-electron chi connectivity index (χ2n) is 6.21. The molecule has 3 atom stereocenters. The molecule has 0 bridgehead atoms. The van der Waals surface area contributed by atoms with Crippen LogP contribution in [-0.2, 0) is 0 Å². The van der Waals surface area contributed by atoms with Crippen LogP contribution < -0.4 is 5.73 Å². The molecular formula is C16H24BrN. The molecule has 2 rings (SSSR count). The van der Waals surface area contributed by atoms with Crippen LogP contribution in [0.15, 0.2) is 22.7 Å². The molecule has 2 heteroatoms. The van der Waals surface area contributed by atoms with Gasteiger partial charge in [0, 0.05) is 10.5 Å². The smallest absolute Gasteiger partial charge is 0.0324 e. The Bertz CT molecular complexity index is 406. The Labute approximate surface area is 119 Å². The van der Waals surface area contributed by atoms with E-state index in [4.69, 9.17) is 5.73 Å². The van der Waals surface area contributed by atoms with Gasteiger partial charge in [-0.3, -0.25) is 0 Å². The van der Waals surface area contributed by atoms with Crippen LogP contribution in [0.1, 0.15) is 50.3 Å². The van der Waals surface area contributed by atoms with E-state index in [1.165, 1.54) is 34.9 Å². The van der Waals surface area contributed by atoms with Crippen molar-refractivity contribution in [2.24, 2.45) is 23.5 Å². The zero-order chi connectivity index (χ0) is 13.3. The molecule has 100 valence electrons. The van der Waals surface area contributed by atoms with E-state index < -0.39 is 0 Å². The van der Waals surface area contributed by atoms with Crippen molar-refractivity contribution in [3.63, 3.8) is 0 Å². The van der Waals surface area contributed by atoms with E-state index in [1.54, 1.807) is 0 Å². The fraction of sp³-hybridized carbons (Fsp3) is 0.625. The van der Waals surface area contributed by atoms with Crippen LogP contribution in [-0.4, -0.2) is 0 Å². The number of hydrogen-bond acceptors (Lipinski definition) is 1. The first-order valence-electron chi connectivity index (χ1n) is 6.99. The van der Waals surface area contributed by atoms with Crippen molar-refractivity contribution < 1.29 is 0 Å². The molecule has 0 aromatic heterocycles. The Hall–Kier alpha value is -0.340. The number of hydrogen-bond donors (Lipinski definition) is 1. The molecular weight excluding hydrogens is 286 g/mol. The summed E-state index contributed by atoms with van der Waals surface area (Å²) < 4.78 is 1.17. The maximum Gasteiger partial charge on any atom is 0.0324 e. The minimum atomic E-state index is 0.187. The minimum Gasteiger partial charge on any atom is -0.324 e. The first-order chi connectivity index (χ1) is 8.47. The van der Waals surface area contributed by atoms with E-state index in [0.717, 1.165) is 11.8 Å². The van der Waals surface area contributed by atoms with Crippen LogP contribution in [0.5, 0.6) is 0 Å². The Morgan fingerprint density at radius 2 is 1.78 bits per heavy atom. The summed E-state index contributed by atoms with van der Waals surface area (Å²) in [5.41, 5.74) is 9.04. The summed E-state index contributed by atoms with van der Waals surface area (Å²) in [5.74, 6) is 2.27. The van der Waals surface area contributed by atoms with E-state index >= 15 is 0 Å². The van der Waals surface area contributed by atoms with Crippen LogP contribution in [0.25, 0.3) is 0 Å². The second-order valence-corrected chi connectivity index (χ2v) is 7.07. The predicted octanol–water partition coefficient (Wildman–Crippen LogP) is 4.83. The van der Waals surface area contributed by atoms with E-state index in [1.807, 2.05) is 0 Å². The van der Waals surface area contributed by atoms with Gasteiger partial charge >= 0.3 is 0 Å². The highest BCUT2D eigenvalue weighted by atomic mass is 79.9. The monoisotopic (exact) mass is 309 g/mol. The van der Waals surface area contributed by atoms with E-state index in [-0.39, 0.29) is 6.04 Å². The largest absolute Gasteiger partial charge is 0.324 e. The van der Waals surface area contributed by atoms with Gasteiger partial charge in [0.2, 0.25) is 0 Å². The first-order valence-corrected chi connectivity index (χ1v) is 7.78. The Morgan fingerprint density at radius 3 is 2.33 bits per heavy atom. The van der Waals surface area contributed by atoms with Gasteiger partial charge in [-0.25, -0.2) is 0 Å². The molecule has 1 fully saturated rings. The molecule has 0 radical (unpaired) electrons. The van der Waals surface area contributed by atoms with Crippen molar-refractivity contribution in [1.82, 2.24) is 0 Å². The van der Waals surface area contributed by atoms with Gasteiger partial charge in [0.1, 0.15) is 0 Å². The second kappa shape index (κ2) is 5.75. The summed E-state index contributed by atoms with van der Waals surface area (Å²) in [7, 11) is 0. The van der Waals surface area contributed by atoms with Gasteiger partial charge in [-0.2, -0.15) is 0 Å². The van der Waals surface area contributed by atoms with E-state index in [2.05, 4.69) is 54.9 Å². The number of rotatable bonds is 2. The van der Waals surface area contributed by atoms with Crippen LogP contribution in [0, 0.1) is 24.7 Å². The molecule has 1 aromatic rings. The molecule has 18 heavy (non-hydrogen) atoms. The molecule has 1 aliphatic rings. The van der Waals surface area contributed by atoms with Crippen molar-refractivity contribution >= 4 is 15.9 Å². The molecule has 2 N–H and O–H groups in total.